The molecular weight excluding hydrogens is 518 g/mol. The quantitative estimate of drug-likeness (QED) is 0.201. The van der Waals surface area contributed by atoms with Crippen LogP contribution in [0.5, 0.6) is 0 Å². The molecule has 3 heterocycles. The Labute approximate surface area is 235 Å². The highest BCUT2D eigenvalue weighted by molar-refractivity contribution is 6.16. The molecule has 0 radical (unpaired) electrons. The van der Waals surface area contributed by atoms with Crippen molar-refractivity contribution in [2.24, 2.45) is 5.92 Å². The normalized spacial score (nSPS) is 23.5. The largest absolute Gasteiger partial charge is 0.358 e. The number of nitrogens with one attached hydrogen (secondary N) is 1. The number of nitrogens with zero attached hydrogens (tertiary/aromatic N) is 2. The van der Waals surface area contributed by atoms with Crippen LogP contribution < -0.4 is 5.32 Å². The first-order valence-corrected chi connectivity index (χ1v) is 13.3. The highest BCUT2D eigenvalue weighted by Crippen LogP contribution is 2.62. The smallest absolute Gasteiger partial charge is 0.269 e. The van der Waals surface area contributed by atoms with E-state index in [1.165, 1.54) is 24.3 Å². The molecule has 3 aliphatic rings. The molecule has 0 saturated carbocycles. The van der Waals surface area contributed by atoms with Crippen LogP contribution in [0.25, 0.3) is 6.08 Å². The number of Topliss-reactive ketones (excluding diaryl/α,β-unsaturated/α-hetero) is 2. The summed E-state index contributed by atoms with van der Waals surface area (Å²) in [5, 5.41) is 14.3. The van der Waals surface area contributed by atoms with Crippen molar-refractivity contribution in [3.8, 4) is 0 Å². The number of ketones is 2. The Kier molecular flexibility index (Phi) is 5.47. The zero-order chi connectivity index (χ0) is 28.3. The van der Waals surface area contributed by atoms with Crippen molar-refractivity contribution in [2.75, 3.05) is 5.32 Å². The molecule has 4 aromatic carbocycles. The molecule has 8 heteroatoms. The number of carbonyl (C=O) groups excluding carboxylic acids is 3. The molecule has 7 rings (SSSR count). The molecule has 1 N–H and O–H groups in total. The van der Waals surface area contributed by atoms with E-state index in [-0.39, 0.29) is 22.9 Å². The number of carbonyl (C=O) groups is 3. The molecule has 0 aliphatic carbocycles. The Morgan fingerprint density at radius 1 is 0.805 bits per heavy atom. The predicted molar refractivity (Wildman–Crippen MR) is 152 cm³/mol. The third kappa shape index (κ3) is 3.43. The molecule has 4 aromatic rings. The number of nitro benzene ring substituents is 1. The average Bonchev–Trinajstić information content (AvgIpc) is 3.49. The Morgan fingerprint density at radius 3 is 2.22 bits per heavy atom. The van der Waals surface area contributed by atoms with E-state index < -0.39 is 34.1 Å². The van der Waals surface area contributed by atoms with Crippen LogP contribution in [-0.4, -0.2) is 33.3 Å². The number of amides is 1. The summed E-state index contributed by atoms with van der Waals surface area (Å²) in [5.74, 6) is -2.15. The number of non-ortho nitro benzene ring substituents is 1. The minimum Gasteiger partial charge on any atom is -0.358 e. The number of benzene rings is 4. The molecule has 0 bridgehead atoms. The fraction of sp³-hybridized carbons (Fsp3) is 0.121. The molecule has 8 nitrogen and oxygen atoms in total. The molecule has 0 unspecified atom stereocenters. The van der Waals surface area contributed by atoms with Gasteiger partial charge in [-0.1, -0.05) is 72.8 Å². The number of fused-ring (bicyclic) bond motifs is 6. The lowest BCUT2D eigenvalue weighted by atomic mass is 9.62. The summed E-state index contributed by atoms with van der Waals surface area (Å²) < 4.78 is 0. The van der Waals surface area contributed by atoms with E-state index in [2.05, 4.69) is 5.32 Å². The topological polar surface area (TPSA) is 110 Å². The summed E-state index contributed by atoms with van der Waals surface area (Å²) in [4.78, 5) is 56.1. The molecule has 4 atom stereocenters. The lowest BCUT2D eigenvalue weighted by Crippen LogP contribution is -2.49. The lowest BCUT2D eigenvalue weighted by molar-refractivity contribution is -0.384. The van der Waals surface area contributed by atoms with Gasteiger partial charge >= 0.3 is 0 Å². The van der Waals surface area contributed by atoms with Gasteiger partial charge in [0.05, 0.1) is 16.9 Å². The van der Waals surface area contributed by atoms with Crippen LogP contribution in [0, 0.1) is 16.0 Å². The van der Waals surface area contributed by atoms with Gasteiger partial charge in [0.1, 0.15) is 11.5 Å². The van der Waals surface area contributed by atoms with Gasteiger partial charge in [-0.2, -0.15) is 0 Å². The minimum absolute atomic E-state index is 0.143. The SMILES string of the molecule is O=C(c1ccc([N+](=O)[O-])cc1)[C@@H]1[C@H](C(=O)c2ccccc2)[C@]2(C(=O)Nc3ccccc32)[C@@H]2c3ccccc3C=CN12. The van der Waals surface area contributed by atoms with Gasteiger partial charge in [-0.15, -0.1) is 0 Å². The highest BCUT2D eigenvalue weighted by Gasteiger charge is 2.70. The average molecular weight is 542 g/mol. The van der Waals surface area contributed by atoms with Crippen molar-refractivity contribution in [3.05, 3.63) is 147 Å². The number of rotatable bonds is 5. The summed E-state index contributed by atoms with van der Waals surface area (Å²) >= 11 is 0. The fourth-order valence-electron chi connectivity index (χ4n) is 6.87. The van der Waals surface area contributed by atoms with Crippen molar-refractivity contribution >= 4 is 34.9 Å². The third-order valence-corrected chi connectivity index (χ3v) is 8.54. The first-order chi connectivity index (χ1) is 19.9. The van der Waals surface area contributed by atoms with Crippen LogP contribution >= 0.6 is 0 Å². The maximum atomic E-state index is 14.6. The molecule has 1 saturated heterocycles. The lowest BCUT2D eigenvalue weighted by Gasteiger charge is -2.38. The standard InChI is InChI=1S/C33H23N3O5/c37-29(21-9-2-1-3-10-21)27-28(30(38)22-14-16-23(17-15-22)36(40)41)35-19-18-20-8-4-5-11-24(20)31(35)33(27)25-12-6-7-13-26(25)34-32(33)39/h1-19,27-28,31H,(H,34,39)/t27-,28+,31+,33+/m1/s1. The van der Waals surface area contributed by atoms with Crippen LogP contribution in [0.3, 0.4) is 0 Å². The molecule has 1 spiro atoms. The van der Waals surface area contributed by atoms with Gasteiger partial charge in [-0.3, -0.25) is 24.5 Å². The molecule has 3 aliphatic heterocycles. The molecular formula is C33H23N3O5. The Balaban J connectivity index is 1.51. The van der Waals surface area contributed by atoms with Crippen LogP contribution in [0.2, 0.25) is 0 Å². The first-order valence-electron chi connectivity index (χ1n) is 13.3. The second-order valence-corrected chi connectivity index (χ2v) is 10.5. The predicted octanol–water partition coefficient (Wildman–Crippen LogP) is 5.58. The number of hydrogen-bond donors (Lipinski definition) is 1. The highest BCUT2D eigenvalue weighted by atomic mass is 16.6. The van der Waals surface area contributed by atoms with E-state index >= 15 is 0 Å². The van der Waals surface area contributed by atoms with Crippen LogP contribution in [0.15, 0.2) is 109 Å². The molecule has 1 amide bonds. The Bertz CT molecular complexity index is 1780. The number of para-hydroxylation sites is 1. The summed E-state index contributed by atoms with van der Waals surface area (Å²) in [7, 11) is 0. The summed E-state index contributed by atoms with van der Waals surface area (Å²) in [5.41, 5.74) is 2.07. The van der Waals surface area contributed by atoms with Crippen molar-refractivity contribution < 1.29 is 19.3 Å². The van der Waals surface area contributed by atoms with Crippen molar-refractivity contribution in [1.29, 1.82) is 0 Å². The number of nitro groups is 1. The van der Waals surface area contributed by atoms with Gasteiger partial charge in [-0.05, 0) is 41.0 Å². The zero-order valence-electron chi connectivity index (χ0n) is 21.6. The second kappa shape index (κ2) is 9.09. The van der Waals surface area contributed by atoms with Gasteiger partial charge in [0, 0.05) is 35.1 Å². The van der Waals surface area contributed by atoms with Gasteiger partial charge in [0.15, 0.2) is 11.6 Å². The van der Waals surface area contributed by atoms with Gasteiger partial charge in [0.2, 0.25) is 5.91 Å². The first kappa shape index (κ1) is 24.7. The summed E-state index contributed by atoms with van der Waals surface area (Å²) in [6.45, 7) is 0. The molecule has 1 fully saturated rings. The van der Waals surface area contributed by atoms with Crippen molar-refractivity contribution in [3.63, 3.8) is 0 Å². The van der Waals surface area contributed by atoms with E-state index in [9.17, 15) is 24.5 Å². The number of anilines is 1. The third-order valence-electron chi connectivity index (χ3n) is 8.54. The summed E-state index contributed by atoms with van der Waals surface area (Å²) in [6, 6.07) is 27.4. The zero-order valence-corrected chi connectivity index (χ0v) is 21.6. The van der Waals surface area contributed by atoms with E-state index in [1.54, 1.807) is 36.5 Å². The van der Waals surface area contributed by atoms with Crippen LogP contribution in [0.4, 0.5) is 11.4 Å². The van der Waals surface area contributed by atoms with E-state index in [0.29, 0.717) is 16.8 Å². The van der Waals surface area contributed by atoms with E-state index in [4.69, 9.17) is 0 Å². The van der Waals surface area contributed by atoms with Gasteiger partial charge in [0.25, 0.3) is 5.69 Å². The van der Waals surface area contributed by atoms with E-state index in [1.807, 2.05) is 59.5 Å². The van der Waals surface area contributed by atoms with Crippen molar-refractivity contribution in [2.45, 2.75) is 17.5 Å². The Morgan fingerprint density at radius 2 is 1.46 bits per heavy atom. The molecule has 41 heavy (non-hydrogen) atoms. The fourth-order valence-corrected chi connectivity index (χ4v) is 6.87. The van der Waals surface area contributed by atoms with E-state index in [0.717, 1.165) is 11.1 Å². The van der Waals surface area contributed by atoms with Crippen molar-refractivity contribution in [1.82, 2.24) is 4.90 Å². The van der Waals surface area contributed by atoms with Crippen LogP contribution in [-0.2, 0) is 10.2 Å². The van der Waals surface area contributed by atoms with Gasteiger partial charge < -0.3 is 10.2 Å². The minimum atomic E-state index is -1.43. The monoisotopic (exact) mass is 541 g/mol. The summed E-state index contributed by atoms with van der Waals surface area (Å²) in [6.07, 6.45) is 3.69. The molecule has 200 valence electrons. The maximum absolute atomic E-state index is 14.6. The molecule has 0 aromatic heterocycles. The maximum Gasteiger partial charge on any atom is 0.269 e. The van der Waals surface area contributed by atoms with Crippen LogP contribution in [0.1, 0.15) is 43.4 Å². The Hall–Kier alpha value is -5.37. The number of hydrogen-bond acceptors (Lipinski definition) is 6. The second-order valence-electron chi connectivity index (χ2n) is 10.5. The van der Waals surface area contributed by atoms with Gasteiger partial charge in [-0.25, -0.2) is 0 Å².